The molecule has 0 radical (unpaired) electrons. The second-order valence-corrected chi connectivity index (χ2v) is 11.4. The van der Waals surface area contributed by atoms with Crippen molar-refractivity contribution < 1.29 is 17.9 Å². The van der Waals surface area contributed by atoms with Gasteiger partial charge in [0.15, 0.2) is 5.69 Å². The van der Waals surface area contributed by atoms with E-state index in [4.69, 9.17) is 10.5 Å². The molecule has 1 saturated carbocycles. The molecule has 11 heteroatoms. The zero-order valence-corrected chi connectivity index (χ0v) is 26.9. The standard InChI is InChI=1S/C28H33F3N6OS.2C2H6/c1-18(19-7-9-20(38-2)10-8-19)35-23-6-3-11-27(23)12-15-37(16-13-27)26-34-17-22(25(32)36-26)39-21-5-4-14-33-24(21)28(29,30)31;2*1-2/h4-5,7-10,14,17-18,23,35H,3,6,11-13,15-16H2,1-2H3,(H2,32,34,36);2*1-2H3. The van der Waals surface area contributed by atoms with Crippen molar-refractivity contribution in [1.29, 1.82) is 0 Å². The largest absolute Gasteiger partial charge is 0.497 e. The van der Waals surface area contributed by atoms with Crippen LogP contribution in [-0.2, 0) is 6.18 Å². The molecular weight excluding hydrogens is 573 g/mol. The first-order valence-corrected chi connectivity index (χ1v) is 16.0. The summed E-state index contributed by atoms with van der Waals surface area (Å²) in [4.78, 5) is 14.9. The molecule has 1 aliphatic carbocycles. The van der Waals surface area contributed by atoms with Crippen molar-refractivity contribution in [1.82, 2.24) is 20.3 Å². The lowest BCUT2D eigenvalue weighted by Crippen LogP contribution is -2.49. The number of nitrogens with zero attached hydrogens (tertiary/aromatic N) is 4. The summed E-state index contributed by atoms with van der Waals surface area (Å²) in [7, 11) is 1.67. The molecule has 2 fully saturated rings. The van der Waals surface area contributed by atoms with Crippen LogP contribution in [0.1, 0.15) is 84.0 Å². The summed E-state index contributed by atoms with van der Waals surface area (Å²) in [6.07, 6.45) is 3.68. The highest BCUT2D eigenvalue weighted by molar-refractivity contribution is 7.99. The topological polar surface area (TPSA) is 89.2 Å². The van der Waals surface area contributed by atoms with Gasteiger partial charge in [-0.1, -0.05) is 58.0 Å². The summed E-state index contributed by atoms with van der Waals surface area (Å²) in [5, 5.41) is 3.90. The molecular formula is C32H45F3N6OS. The van der Waals surface area contributed by atoms with Crippen LogP contribution in [0.15, 0.2) is 58.6 Å². The SMILES string of the molecule is CC.CC.COc1ccc(C(C)NC2CCCC23CCN(c2ncc(Sc4cccnc4C(F)(F)F)c(N)n2)CC3)cc1. The first-order valence-electron chi connectivity index (χ1n) is 15.2. The number of halogens is 3. The lowest BCUT2D eigenvalue weighted by Gasteiger charge is -2.44. The van der Waals surface area contributed by atoms with Gasteiger partial charge < -0.3 is 20.7 Å². The number of ether oxygens (including phenoxy) is 1. The highest BCUT2D eigenvalue weighted by atomic mass is 32.2. The quantitative estimate of drug-likeness (QED) is 0.274. The van der Waals surface area contributed by atoms with E-state index in [-0.39, 0.29) is 22.2 Å². The van der Waals surface area contributed by atoms with E-state index in [1.807, 2.05) is 39.8 Å². The number of hydrogen-bond donors (Lipinski definition) is 2. The molecule has 3 heterocycles. The number of pyridine rings is 1. The van der Waals surface area contributed by atoms with Gasteiger partial charge >= 0.3 is 6.18 Å². The van der Waals surface area contributed by atoms with Gasteiger partial charge in [-0.2, -0.15) is 18.2 Å². The van der Waals surface area contributed by atoms with Crippen LogP contribution in [0.4, 0.5) is 24.9 Å². The highest BCUT2D eigenvalue weighted by Crippen LogP contribution is 2.48. The third-order valence-corrected chi connectivity index (χ3v) is 9.13. The average Bonchev–Trinajstić information content (AvgIpc) is 3.41. The van der Waals surface area contributed by atoms with Gasteiger partial charge in [0, 0.05) is 42.5 Å². The molecule has 2 aromatic heterocycles. The van der Waals surface area contributed by atoms with Gasteiger partial charge in [-0.25, -0.2) is 4.98 Å². The van der Waals surface area contributed by atoms with E-state index in [1.54, 1.807) is 7.11 Å². The molecule has 1 aliphatic heterocycles. The molecule has 0 amide bonds. The van der Waals surface area contributed by atoms with E-state index in [0.717, 1.165) is 56.1 Å². The fourth-order valence-corrected chi connectivity index (χ4v) is 6.75. The second kappa shape index (κ2) is 15.6. The van der Waals surface area contributed by atoms with E-state index < -0.39 is 11.9 Å². The predicted molar refractivity (Wildman–Crippen MR) is 169 cm³/mol. The Balaban J connectivity index is 0.00000121. The van der Waals surface area contributed by atoms with Crippen molar-refractivity contribution in [3.63, 3.8) is 0 Å². The summed E-state index contributed by atoms with van der Waals surface area (Å²) in [6.45, 7) is 11.8. The predicted octanol–water partition coefficient (Wildman–Crippen LogP) is 8.17. The first-order chi connectivity index (χ1) is 20.7. The average molecular weight is 619 g/mol. The zero-order valence-electron chi connectivity index (χ0n) is 26.0. The highest BCUT2D eigenvalue weighted by Gasteiger charge is 2.45. The summed E-state index contributed by atoms with van der Waals surface area (Å²) >= 11 is 0.878. The van der Waals surface area contributed by atoms with Gasteiger partial charge in [0.25, 0.3) is 0 Å². The number of rotatable bonds is 7. The minimum atomic E-state index is -4.55. The molecule has 3 aromatic rings. The van der Waals surface area contributed by atoms with E-state index >= 15 is 0 Å². The maximum Gasteiger partial charge on any atom is 0.434 e. The molecule has 1 spiro atoms. The third kappa shape index (κ3) is 8.32. The number of methoxy groups -OCH3 is 1. The maximum atomic E-state index is 13.3. The van der Waals surface area contributed by atoms with Crippen LogP contribution in [-0.4, -0.2) is 41.2 Å². The first kappa shape index (κ1) is 34.4. The number of nitrogen functional groups attached to an aromatic ring is 1. The number of nitrogens with two attached hydrogens (primary N) is 1. The van der Waals surface area contributed by atoms with Crippen molar-refractivity contribution in [3.05, 3.63) is 60.0 Å². The molecule has 2 atom stereocenters. The molecule has 43 heavy (non-hydrogen) atoms. The van der Waals surface area contributed by atoms with Crippen LogP contribution in [0.5, 0.6) is 5.75 Å². The Bertz CT molecular complexity index is 1280. The van der Waals surface area contributed by atoms with Gasteiger partial charge in [-0.15, -0.1) is 0 Å². The molecule has 7 nitrogen and oxygen atoms in total. The van der Waals surface area contributed by atoms with Gasteiger partial charge in [-0.05, 0) is 67.9 Å². The fourth-order valence-electron chi connectivity index (χ4n) is 5.85. The fraction of sp³-hybridized carbons (Fsp3) is 0.531. The van der Waals surface area contributed by atoms with Gasteiger partial charge in [0.2, 0.25) is 5.95 Å². The Labute approximate surface area is 258 Å². The number of anilines is 2. The summed E-state index contributed by atoms with van der Waals surface area (Å²) in [5.41, 5.74) is 6.71. The number of nitrogens with one attached hydrogen (secondary N) is 1. The summed E-state index contributed by atoms with van der Waals surface area (Å²) < 4.78 is 45.3. The van der Waals surface area contributed by atoms with Crippen LogP contribution >= 0.6 is 11.8 Å². The lowest BCUT2D eigenvalue weighted by atomic mass is 9.73. The monoisotopic (exact) mass is 618 g/mol. The van der Waals surface area contributed by atoms with Crippen molar-refractivity contribution in [2.75, 3.05) is 30.8 Å². The minimum Gasteiger partial charge on any atom is -0.497 e. The zero-order chi connectivity index (χ0) is 31.6. The third-order valence-electron chi connectivity index (χ3n) is 8.05. The summed E-state index contributed by atoms with van der Waals surface area (Å²) in [5.74, 6) is 1.53. The lowest BCUT2D eigenvalue weighted by molar-refractivity contribution is -0.143. The van der Waals surface area contributed by atoms with Crippen molar-refractivity contribution in [2.24, 2.45) is 5.41 Å². The van der Waals surface area contributed by atoms with Crippen LogP contribution < -0.4 is 20.7 Å². The molecule has 2 aliphatic rings. The number of benzene rings is 1. The number of alkyl halides is 3. The molecule has 0 bridgehead atoms. The van der Waals surface area contributed by atoms with E-state index in [0.29, 0.717) is 16.9 Å². The Kier molecular flexibility index (Phi) is 12.5. The molecule has 3 N–H and O–H groups in total. The Morgan fingerprint density at radius 2 is 1.70 bits per heavy atom. The van der Waals surface area contributed by atoms with Gasteiger partial charge in [0.05, 0.1) is 12.0 Å². The molecule has 1 saturated heterocycles. The smallest absolute Gasteiger partial charge is 0.434 e. The van der Waals surface area contributed by atoms with E-state index in [1.165, 1.54) is 36.7 Å². The Hall–Kier alpha value is -3.05. The van der Waals surface area contributed by atoms with Crippen molar-refractivity contribution >= 4 is 23.5 Å². The number of piperidine rings is 1. The Morgan fingerprint density at radius 1 is 1.02 bits per heavy atom. The molecule has 1 aromatic carbocycles. The van der Waals surface area contributed by atoms with Gasteiger partial charge in [0.1, 0.15) is 11.6 Å². The molecule has 5 rings (SSSR count). The Morgan fingerprint density at radius 3 is 2.30 bits per heavy atom. The van der Waals surface area contributed by atoms with Crippen LogP contribution in [0.3, 0.4) is 0 Å². The normalized spacial score (nSPS) is 18.3. The van der Waals surface area contributed by atoms with E-state index in [9.17, 15) is 13.2 Å². The van der Waals surface area contributed by atoms with Crippen molar-refractivity contribution in [3.8, 4) is 5.75 Å². The molecule has 2 unspecified atom stereocenters. The van der Waals surface area contributed by atoms with E-state index in [2.05, 4.69) is 44.2 Å². The minimum absolute atomic E-state index is 0.0309. The van der Waals surface area contributed by atoms with Gasteiger partial charge in [-0.3, -0.25) is 4.98 Å². The number of hydrogen-bond acceptors (Lipinski definition) is 8. The van der Waals surface area contributed by atoms with Crippen LogP contribution in [0.2, 0.25) is 0 Å². The van der Waals surface area contributed by atoms with Crippen LogP contribution in [0.25, 0.3) is 0 Å². The van der Waals surface area contributed by atoms with Crippen molar-refractivity contribution in [2.45, 2.75) is 94.8 Å². The maximum absolute atomic E-state index is 13.3. The van der Waals surface area contributed by atoms with Crippen LogP contribution in [0, 0.1) is 5.41 Å². The summed E-state index contributed by atoms with van der Waals surface area (Å²) in [6, 6.07) is 11.7. The second-order valence-electron chi connectivity index (χ2n) is 10.3. The molecule has 236 valence electrons. The number of aromatic nitrogens is 3.